The Balaban J connectivity index is 2.56. The molecule has 2 rings (SSSR count). The zero-order chi connectivity index (χ0) is 15.6. The van der Waals surface area contributed by atoms with E-state index in [2.05, 4.69) is 4.98 Å². The average Bonchev–Trinajstić information content (AvgIpc) is 2.83. The van der Waals surface area contributed by atoms with Crippen molar-refractivity contribution in [3.63, 3.8) is 0 Å². The average molecular weight is 292 g/mol. The lowest BCUT2D eigenvalue weighted by Gasteiger charge is -2.00. The number of aryl methyl sites for hydroxylation is 1. The maximum Gasteiger partial charge on any atom is 0.373 e. The quantitative estimate of drug-likeness (QED) is 0.664. The number of hydrogen-bond acceptors (Lipinski definition) is 6. The van der Waals surface area contributed by atoms with Gasteiger partial charge in [0.1, 0.15) is 5.69 Å². The van der Waals surface area contributed by atoms with E-state index >= 15 is 0 Å². The van der Waals surface area contributed by atoms with Crippen LogP contribution in [0.5, 0.6) is 0 Å². The first-order chi connectivity index (χ1) is 9.93. The molecule has 0 spiro atoms. The molecular formula is C13H12N2O6. The van der Waals surface area contributed by atoms with E-state index in [0.29, 0.717) is 11.1 Å². The van der Waals surface area contributed by atoms with Crippen LogP contribution in [-0.4, -0.2) is 28.1 Å². The molecule has 0 radical (unpaired) electrons. The fourth-order valence-electron chi connectivity index (χ4n) is 1.82. The monoisotopic (exact) mass is 292 g/mol. The zero-order valence-electron chi connectivity index (χ0n) is 11.3. The van der Waals surface area contributed by atoms with Gasteiger partial charge >= 0.3 is 5.97 Å². The maximum absolute atomic E-state index is 11.1. The van der Waals surface area contributed by atoms with Gasteiger partial charge in [0.05, 0.1) is 11.5 Å². The zero-order valence-corrected chi connectivity index (χ0v) is 11.3. The fourth-order valence-corrected chi connectivity index (χ4v) is 1.82. The van der Waals surface area contributed by atoms with Gasteiger partial charge in [-0.25, -0.2) is 9.78 Å². The Labute approximate surface area is 119 Å². The third-order valence-corrected chi connectivity index (χ3v) is 2.84. The van der Waals surface area contributed by atoms with Crippen LogP contribution in [0.15, 0.2) is 22.6 Å². The lowest BCUT2D eigenvalue weighted by molar-refractivity contribution is -0.384. The first kappa shape index (κ1) is 14.7. The Kier molecular flexibility index (Phi) is 3.99. The van der Waals surface area contributed by atoms with E-state index in [1.165, 1.54) is 19.2 Å². The Bertz CT molecular complexity index is 707. The molecule has 0 aliphatic rings. The van der Waals surface area contributed by atoms with E-state index in [9.17, 15) is 14.9 Å². The molecule has 8 heteroatoms. The number of nitro benzene ring substituents is 1. The van der Waals surface area contributed by atoms with Crippen molar-refractivity contribution in [2.24, 2.45) is 0 Å². The second kappa shape index (κ2) is 5.71. The summed E-state index contributed by atoms with van der Waals surface area (Å²) in [6.07, 6.45) is 0. The van der Waals surface area contributed by atoms with Crippen LogP contribution in [0, 0.1) is 17.0 Å². The minimum Gasteiger partial charge on any atom is -0.475 e. The molecule has 1 heterocycles. The van der Waals surface area contributed by atoms with E-state index in [0.717, 1.165) is 0 Å². The summed E-state index contributed by atoms with van der Waals surface area (Å²) in [6.45, 7) is 1.69. The second-order valence-corrected chi connectivity index (χ2v) is 4.29. The maximum atomic E-state index is 11.1. The number of nitro groups is 1. The molecule has 2 aromatic rings. The highest BCUT2D eigenvalue weighted by Crippen LogP contribution is 2.29. The molecule has 110 valence electrons. The van der Waals surface area contributed by atoms with Crippen molar-refractivity contribution in [2.45, 2.75) is 13.5 Å². The number of hydrogen-bond donors (Lipinski definition) is 1. The van der Waals surface area contributed by atoms with Gasteiger partial charge in [-0.3, -0.25) is 10.1 Å². The van der Waals surface area contributed by atoms with Crippen molar-refractivity contribution in [2.75, 3.05) is 7.11 Å². The molecule has 1 N–H and O–H groups in total. The van der Waals surface area contributed by atoms with E-state index in [1.807, 2.05) is 0 Å². The molecule has 8 nitrogen and oxygen atoms in total. The molecule has 0 atom stereocenters. The van der Waals surface area contributed by atoms with Gasteiger partial charge in [-0.2, -0.15) is 0 Å². The van der Waals surface area contributed by atoms with Gasteiger partial charge in [-0.05, 0) is 12.5 Å². The second-order valence-electron chi connectivity index (χ2n) is 4.29. The van der Waals surface area contributed by atoms with Crippen molar-refractivity contribution in [1.29, 1.82) is 0 Å². The largest absolute Gasteiger partial charge is 0.475 e. The van der Waals surface area contributed by atoms with Gasteiger partial charge in [0, 0.05) is 24.8 Å². The van der Waals surface area contributed by atoms with E-state index in [-0.39, 0.29) is 29.6 Å². The van der Waals surface area contributed by atoms with Crippen molar-refractivity contribution < 1.29 is 24.0 Å². The van der Waals surface area contributed by atoms with Gasteiger partial charge in [-0.1, -0.05) is 6.07 Å². The van der Waals surface area contributed by atoms with Crippen LogP contribution in [-0.2, 0) is 11.3 Å². The van der Waals surface area contributed by atoms with Gasteiger partial charge in [0.15, 0.2) is 0 Å². The number of benzene rings is 1. The number of carbonyl (C=O) groups is 1. The topological polar surface area (TPSA) is 116 Å². The Morgan fingerprint density at radius 3 is 2.81 bits per heavy atom. The van der Waals surface area contributed by atoms with Gasteiger partial charge < -0.3 is 14.3 Å². The summed E-state index contributed by atoms with van der Waals surface area (Å²) in [6, 6.07) is 4.20. The standard InChI is InChI=1S/C13H12N2O6/c1-7-3-4-8(15(18)19)5-9(7)12-14-10(6-20-2)11(21-12)13(16)17/h3-5H,6H2,1-2H3,(H,16,17). The number of nitrogens with zero attached hydrogens (tertiary/aromatic N) is 2. The molecule has 1 aromatic carbocycles. The van der Waals surface area contributed by atoms with Gasteiger partial charge in [0.2, 0.25) is 11.7 Å². The number of rotatable bonds is 5. The number of aromatic carboxylic acids is 1. The number of oxazole rings is 1. The van der Waals surface area contributed by atoms with E-state index in [4.69, 9.17) is 14.3 Å². The highest BCUT2D eigenvalue weighted by molar-refractivity contribution is 5.86. The normalized spacial score (nSPS) is 10.6. The lowest BCUT2D eigenvalue weighted by atomic mass is 10.1. The minimum atomic E-state index is -1.27. The van der Waals surface area contributed by atoms with Crippen LogP contribution in [0.1, 0.15) is 21.8 Å². The summed E-state index contributed by atoms with van der Waals surface area (Å²) in [5.41, 5.74) is 1.06. The molecular weight excluding hydrogens is 280 g/mol. The number of aromatic nitrogens is 1. The van der Waals surface area contributed by atoms with Crippen molar-refractivity contribution >= 4 is 11.7 Å². The van der Waals surface area contributed by atoms with Crippen LogP contribution < -0.4 is 0 Å². The number of carboxylic acids is 1. The van der Waals surface area contributed by atoms with Crippen molar-refractivity contribution in [3.8, 4) is 11.5 Å². The van der Waals surface area contributed by atoms with E-state index in [1.54, 1.807) is 13.0 Å². The molecule has 0 aliphatic heterocycles. The smallest absolute Gasteiger partial charge is 0.373 e. The molecule has 0 unspecified atom stereocenters. The van der Waals surface area contributed by atoms with Crippen LogP contribution >= 0.6 is 0 Å². The lowest BCUT2D eigenvalue weighted by Crippen LogP contribution is -2.00. The van der Waals surface area contributed by atoms with Crippen LogP contribution in [0.2, 0.25) is 0 Å². The summed E-state index contributed by atoms with van der Waals surface area (Å²) in [4.78, 5) is 25.4. The van der Waals surface area contributed by atoms with Gasteiger partial charge in [-0.15, -0.1) is 0 Å². The summed E-state index contributed by atoms with van der Waals surface area (Å²) in [7, 11) is 1.40. The predicted molar refractivity (Wildman–Crippen MR) is 71.0 cm³/mol. The highest BCUT2D eigenvalue weighted by atomic mass is 16.6. The fraction of sp³-hybridized carbons (Fsp3) is 0.231. The summed E-state index contributed by atoms with van der Waals surface area (Å²) in [5.74, 6) is -1.60. The van der Waals surface area contributed by atoms with Crippen molar-refractivity contribution in [1.82, 2.24) is 4.98 Å². The Hall–Kier alpha value is -2.74. The molecule has 0 fully saturated rings. The Morgan fingerprint density at radius 2 is 2.24 bits per heavy atom. The number of non-ortho nitro benzene ring substituents is 1. The third-order valence-electron chi connectivity index (χ3n) is 2.84. The number of methoxy groups -OCH3 is 1. The molecule has 0 saturated carbocycles. The molecule has 0 bridgehead atoms. The van der Waals surface area contributed by atoms with Crippen LogP contribution in [0.3, 0.4) is 0 Å². The van der Waals surface area contributed by atoms with Gasteiger partial charge in [0.25, 0.3) is 5.69 Å². The summed E-state index contributed by atoms with van der Waals surface area (Å²) >= 11 is 0. The van der Waals surface area contributed by atoms with Crippen molar-refractivity contribution in [3.05, 3.63) is 45.3 Å². The summed E-state index contributed by atoms with van der Waals surface area (Å²) in [5, 5.41) is 19.9. The highest BCUT2D eigenvalue weighted by Gasteiger charge is 2.22. The third kappa shape index (κ3) is 2.90. The molecule has 0 aliphatic carbocycles. The first-order valence-electron chi connectivity index (χ1n) is 5.91. The molecule has 1 aromatic heterocycles. The van der Waals surface area contributed by atoms with E-state index < -0.39 is 10.9 Å². The molecule has 0 saturated heterocycles. The predicted octanol–water partition coefficient (Wildman–Crippen LogP) is 2.40. The molecule has 21 heavy (non-hydrogen) atoms. The molecule has 0 amide bonds. The minimum absolute atomic E-state index is 0.0145. The number of ether oxygens (including phenoxy) is 1. The SMILES string of the molecule is COCc1nc(-c2cc([N+](=O)[O-])ccc2C)oc1C(=O)O. The number of carboxylic acid groups (broad SMARTS) is 1. The van der Waals surface area contributed by atoms with Crippen LogP contribution in [0.25, 0.3) is 11.5 Å². The van der Waals surface area contributed by atoms with Crippen LogP contribution in [0.4, 0.5) is 5.69 Å². The summed E-state index contributed by atoms with van der Waals surface area (Å²) < 4.78 is 10.1. The Morgan fingerprint density at radius 1 is 1.52 bits per heavy atom. The first-order valence-corrected chi connectivity index (χ1v) is 5.91.